The average Bonchev–Trinajstić information content (AvgIpc) is 2.82. The number of nitrogens with zero attached hydrogens (tertiary/aromatic N) is 2. The van der Waals surface area contributed by atoms with Crippen molar-refractivity contribution in [2.45, 2.75) is 40.2 Å². The number of aryl methyl sites for hydroxylation is 3. The molecule has 2 aromatic heterocycles. The van der Waals surface area contributed by atoms with Gasteiger partial charge in [0, 0.05) is 4.88 Å². The number of nitrogens with one attached hydrogen (secondary N) is 1. The predicted molar refractivity (Wildman–Crippen MR) is 80.7 cm³/mol. The average molecular weight is 275 g/mol. The van der Waals surface area contributed by atoms with Crippen LogP contribution in [0.5, 0.6) is 0 Å². The van der Waals surface area contributed by atoms with Crippen molar-refractivity contribution in [2.24, 2.45) is 0 Å². The maximum absolute atomic E-state index is 4.35. The quantitative estimate of drug-likeness (QED) is 0.908. The third-order valence-corrected chi connectivity index (χ3v) is 4.15. The Balaban J connectivity index is 2.50. The number of rotatable bonds is 5. The van der Waals surface area contributed by atoms with E-state index in [-0.39, 0.29) is 6.04 Å². The zero-order valence-corrected chi connectivity index (χ0v) is 12.8. The van der Waals surface area contributed by atoms with Gasteiger partial charge in [-0.3, -0.25) is 0 Å². The molecule has 2 aromatic rings. The Kier molecular flexibility index (Phi) is 4.66. The van der Waals surface area contributed by atoms with Gasteiger partial charge in [0.1, 0.15) is 0 Å². The van der Waals surface area contributed by atoms with Crippen molar-refractivity contribution in [3.63, 3.8) is 0 Å². The number of hydrogen-bond donors (Lipinski definition) is 1. The van der Waals surface area contributed by atoms with Crippen LogP contribution in [-0.2, 0) is 6.42 Å². The minimum Gasteiger partial charge on any atom is -0.306 e. The highest BCUT2D eigenvalue weighted by Gasteiger charge is 2.19. The van der Waals surface area contributed by atoms with E-state index in [0.29, 0.717) is 0 Å². The molecule has 0 aliphatic rings. The highest BCUT2D eigenvalue weighted by molar-refractivity contribution is 7.10. The first-order valence-corrected chi connectivity index (χ1v) is 7.65. The summed E-state index contributed by atoms with van der Waals surface area (Å²) in [7, 11) is 0. The molecule has 0 bridgehead atoms. The summed E-state index contributed by atoms with van der Waals surface area (Å²) in [5, 5.41) is 14.3. The molecule has 0 spiro atoms. The summed E-state index contributed by atoms with van der Waals surface area (Å²) in [4.78, 5) is 1.36. The van der Waals surface area contributed by atoms with Crippen LogP contribution in [0.4, 0.5) is 0 Å². The monoisotopic (exact) mass is 275 g/mol. The van der Waals surface area contributed by atoms with Crippen LogP contribution in [0.2, 0.25) is 0 Å². The maximum atomic E-state index is 4.35. The molecule has 3 nitrogen and oxygen atoms in total. The van der Waals surface area contributed by atoms with Crippen LogP contribution < -0.4 is 5.32 Å². The lowest BCUT2D eigenvalue weighted by atomic mass is 9.97. The second-order valence-corrected chi connectivity index (χ2v) is 5.78. The fourth-order valence-electron chi connectivity index (χ4n) is 2.34. The zero-order chi connectivity index (χ0) is 13.8. The molecular weight excluding hydrogens is 254 g/mol. The topological polar surface area (TPSA) is 37.8 Å². The van der Waals surface area contributed by atoms with Crippen molar-refractivity contribution in [1.82, 2.24) is 15.5 Å². The Morgan fingerprint density at radius 3 is 2.58 bits per heavy atom. The van der Waals surface area contributed by atoms with E-state index in [9.17, 15) is 0 Å². The van der Waals surface area contributed by atoms with Gasteiger partial charge in [0.25, 0.3) is 0 Å². The molecule has 0 aliphatic heterocycles. The summed E-state index contributed by atoms with van der Waals surface area (Å²) < 4.78 is 0. The Morgan fingerprint density at radius 1 is 1.21 bits per heavy atom. The van der Waals surface area contributed by atoms with Crippen LogP contribution in [0.3, 0.4) is 0 Å². The number of hydrogen-bond acceptors (Lipinski definition) is 4. The molecule has 0 radical (unpaired) electrons. The van der Waals surface area contributed by atoms with Crippen molar-refractivity contribution < 1.29 is 0 Å². The molecule has 102 valence electrons. The minimum absolute atomic E-state index is 0.223. The van der Waals surface area contributed by atoms with E-state index >= 15 is 0 Å². The molecule has 2 rings (SSSR count). The van der Waals surface area contributed by atoms with Gasteiger partial charge in [-0.25, -0.2) is 0 Å². The fourth-order valence-corrected chi connectivity index (χ4v) is 3.09. The van der Waals surface area contributed by atoms with Crippen LogP contribution in [-0.4, -0.2) is 16.7 Å². The largest absolute Gasteiger partial charge is 0.306 e. The van der Waals surface area contributed by atoms with Crippen LogP contribution in [0.25, 0.3) is 0 Å². The van der Waals surface area contributed by atoms with Gasteiger partial charge in [-0.1, -0.05) is 13.8 Å². The van der Waals surface area contributed by atoms with Crippen molar-refractivity contribution in [1.29, 1.82) is 0 Å². The summed E-state index contributed by atoms with van der Waals surface area (Å²) in [5.74, 6) is 0. The van der Waals surface area contributed by atoms with Crippen molar-refractivity contribution >= 4 is 11.3 Å². The number of thiophene rings is 1. The molecule has 1 atom stereocenters. The summed E-state index contributed by atoms with van der Waals surface area (Å²) in [5.41, 5.74) is 4.68. The predicted octanol–water partition coefficient (Wildman–Crippen LogP) is 3.42. The molecule has 0 saturated carbocycles. The van der Waals surface area contributed by atoms with Gasteiger partial charge >= 0.3 is 0 Å². The Bertz CT molecular complexity index is 548. The zero-order valence-electron chi connectivity index (χ0n) is 12.0. The first kappa shape index (κ1) is 14.2. The van der Waals surface area contributed by atoms with Gasteiger partial charge in [-0.2, -0.15) is 10.2 Å². The fraction of sp³-hybridized carbons (Fsp3) is 0.467. The molecule has 19 heavy (non-hydrogen) atoms. The Hall–Kier alpha value is -1.26. The molecule has 0 saturated heterocycles. The molecular formula is C15H21N3S. The van der Waals surface area contributed by atoms with E-state index < -0.39 is 0 Å². The van der Waals surface area contributed by atoms with E-state index in [2.05, 4.69) is 53.8 Å². The van der Waals surface area contributed by atoms with Gasteiger partial charge in [0.15, 0.2) is 0 Å². The van der Waals surface area contributed by atoms with Crippen molar-refractivity contribution in [2.75, 3.05) is 6.54 Å². The first-order chi connectivity index (χ1) is 9.17. The van der Waals surface area contributed by atoms with Crippen LogP contribution in [0.1, 0.15) is 47.3 Å². The summed E-state index contributed by atoms with van der Waals surface area (Å²) in [6, 6.07) is 4.60. The molecule has 4 heteroatoms. The van der Waals surface area contributed by atoms with Gasteiger partial charge < -0.3 is 5.32 Å². The van der Waals surface area contributed by atoms with E-state index in [4.69, 9.17) is 0 Å². The molecule has 0 amide bonds. The number of aromatic nitrogens is 2. The molecule has 2 heterocycles. The summed E-state index contributed by atoms with van der Waals surface area (Å²) in [6.45, 7) is 9.38. The van der Waals surface area contributed by atoms with Crippen LogP contribution in [0.15, 0.2) is 17.5 Å². The maximum Gasteiger partial charge on any atom is 0.0679 e. The summed E-state index contributed by atoms with van der Waals surface area (Å²) in [6.07, 6.45) is 0.910. The molecule has 1 unspecified atom stereocenters. The third-order valence-electron chi connectivity index (χ3n) is 3.29. The minimum atomic E-state index is 0.223. The molecule has 0 fully saturated rings. The normalized spacial score (nSPS) is 12.6. The third kappa shape index (κ3) is 3.01. The van der Waals surface area contributed by atoms with E-state index in [0.717, 1.165) is 24.4 Å². The lowest BCUT2D eigenvalue weighted by molar-refractivity contribution is 0.616. The summed E-state index contributed by atoms with van der Waals surface area (Å²) >= 11 is 1.79. The molecule has 0 aliphatic carbocycles. The second-order valence-electron chi connectivity index (χ2n) is 4.66. The SMILES string of the molecule is CCNC(c1cc(C)nnc1CC)c1ccsc1C. The van der Waals surface area contributed by atoms with Crippen molar-refractivity contribution in [3.05, 3.63) is 44.9 Å². The lowest BCUT2D eigenvalue weighted by Crippen LogP contribution is -2.24. The standard InChI is InChI=1S/C15H21N3S/c1-5-14-13(9-10(3)17-18-14)15(16-6-2)12-7-8-19-11(12)4/h7-9,15-16H,5-6H2,1-4H3. The van der Waals surface area contributed by atoms with E-state index in [1.807, 2.05) is 6.92 Å². The first-order valence-electron chi connectivity index (χ1n) is 6.77. The Labute approximate surface area is 119 Å². The van der Waals surface area contributed by atoms with Crippen LogP contribution >= 0.6 is 11.3 Å². The molecule has 0 aromatic carbocycles. The highest BCUT2D eigenvalue weighted by atomic mass is 32.1. The van der Waals surface area contributed by atoms with Gasteiger partial charge in [-0.05, 0) is 55.5 Å². The lowest BCUT2D eigenvalue weighted by Gasteiger charge is -2.21. The Morgan fingerprint density at radius 2 is 2.00 bits per heavy atom. The van der Waals surface area contributed by atoms with Crippen molar-refractivity contribution in [3.8, 4) is 0 Å². The second kappa shape index (κ2) is 6.26. The van der Waals surface area contributed by atoms with Gasteiger partial charge in [0.2, 0.25) is 0 Å². The van der Waals surface area contributed by atoms with Crippen LogP contribution in [0, 0.1) is 13.8 Å². The van der Waals surface area contributed by atoms with E-state index in [1.54, 1.807) is 11.3 Å². The van der Waals surface area contributed by atoms with Gasteiger partial charge in [0.05, 0.1) is 17.4 Å². The van der Waals surface area contributed by atoms with E-state index in [1.165, 1.54) is 16.0 Å². The van der Waals surface area contributed by atoms with Gasteiger partial charge in [-0.15, -0.1) is 11.3 Å². The smallest absolute Gasteiger partial charge is 0.0679 e. The molecule has 1 N–H and O–H groups in total. The highest BCUT2D eigenvalue weighted by Crippen LogP contribution is 2.29.